The number of methoxy groups -OCH3 is 2. The van der Waals surface area contributed by atoms with Gasteiger partial charge in [0.25, 0.3) is 0 Å². The largest absolute Gasteiger partial charge is 0.494 e. The summed E-state index contributed by atoms with van der Waals surface area (Å²) >= 11 is 5.81. The van der Waals surface area contributed by atoms with Crippen molar-refractivity contribution in [2.24, 2.45) is 0 Å². The van der Waals surface area contributed by atoms with Crippen molar-refractivity contribution in [3.63, 3.8) is 0 Å². The predicted octanol–water partition coefficient (Wildman–Crippen LogP) is 3.00. The molecule has 0 spiro atoms. The monoisotopic (exact) mass is 300 g/mol. The Hall–Kier alpha value is -1.33. The number of halogens is 2. The van der Waals surface area contributed by atoms with Gasteiger partial charge in [-0.2, -0.15) is 0 Å². The number of benzene rings is 1. The topological polar surface area (TPSA) is 36.3 Å². The van der Waals surface area contributed by atoms with Crippen LogP contribution in [0.5, 0.6) is 5.75 Å². The summed E-state index contributed by atoms with van der Waals surface area (Å²) in [5.74, 6) is 1.16. The number of hydrogen-bond acceptors (Lipinski definition) is 3. The molecule has 0 aliphatic carbocycles. The highest BCUT2D eigenvalue weighted by Crippen LogP contribution is 2.26. The van der Waals surface area contributed by atoms with Gasteiger partial charge in [-0.1, -0.05) is 0 Å². The fraction of sp³-hybridized carbons (Fsp3) is 0.500. The molecular weight excluding hydrogens is 283 g/mol. The van der Waals surface area contributed by atoms with Crippen molar-refractivity contribution < 1.29 is 13.9 Å². The highest BCUT2D eigenvalue weighted by molar-refractivity contribution is 6.17. The molecule has 4 nitrogen and oxygen atoms in total. The van der Waals surface area contributed by atoms with E-state index in [4.69, 9.17) is 21.1 Å². The fourth-order valence-corrected chi connectivity index (χ4v) is 2.39. The number of imidazole rings is 1. The highest BCUT2D eigenvalue weighted by Gasteiger charge is 2.14. The molecule has 0 aliphatic heterocycles. The second-order valence-corrected chi connectivity index (χ2v) is 4.82. The summed E-state index contributed by atoms with van der Waals surface area (Å²) < 4.78 is 25.9. The number of aromatic nitrogens is 2. The van der Waals surface area contributed by atoms with Crippen molar-refractivity contribution in [2.45, 2.75) is 19.4 Å². The lowest BCUT2D eigenvalue weighted by atomic mass is 10.2. The Morgan fingerprint density at radius 1 is 1.35 bits per heavy atom. The number of fused-ring (bicyclic) bond motifs is 1. The van der Waals surface area contributed by atoms with E-state index in [9.17, 15) is 4.39 Å². The SMILES string of the molecule is COCCCn1c(CCCl)nc2cc(F)c(OC)cc21. The van der Waals surface area contributed by atoms with Crippen LogP contribution in [0.3, 0.4) is 0 Å². The molecule has 110 valence electrons. The van der Waals surface area contributed by atoms with E-state index in [0.717, 1.165) is 24.3 Å². The average Bonchev–Trinajstić information content (AvgIpc) is 2.75. The van der Waals surface area contributed by atoms with Gasteiger partial charge in [0.2, 0.25) is 0 Å². The van der Waals surface area contributed by atoms with Gasteiger partial charge < -0.3 is 14.0 Å². The third kappa shape index (κ3) is 3.04. The van der Waals surface area contributed by atoms with Crippen molar-refractivity contribution in [3.8, 4) is 5.75 Å². The molecule has 0 radical (unpaired) electrons. The molecule has 20 heavy (non-hydrogen) atoms. The number of ether oxygens (including phenoxy) is 2. The van der Waals surface area contributed by atoms with Crippen LogP contribution in [0.1, 0.15) is 12.2 Å². The van der Waals surface area contributed by atoms with Crippen molar-refractivity contribution in [3.05, 3.63) is 23.8 Å². The Morgan fingerprint density at radius 2 is 2.15 bits per heavy atom. The van der Waals surface area contributed by atoms with Gasteiger partial charge in [-0.15, -0.1) is 11.6 Å². The Bertz CT molecular complexity index is 586. The Kier molecular flexibility index (Phi) is 5.20. The van der Waals surface area contributed by atoms with Crippen LogP contribution in [-0.2, 0) is 17.7 Å². The van der Waals surface area contributed by atoms with Crippen LogP contribution in [0.25, 0.3) is 11.0 Å². The van der Waals surface area contributed by atoms with Crippen LogP contribution >= 0.6 is 11.6 Å². The molecule has 0 fully saturated rings. The van der Waals surface area contributed by atoms with E-state index in [2.05, 4.69) is 9.55 Å². The lowest BCUT2D eigenvalue weighted by Crippen LogP contribution is -2.07. The van der Waals surface area contributed by atoms with Gasteiger partial charge in [-0.3, -0.25) is 0 Å². The van der Waals surface area contributed by atoms with E-state index >= 15 is 0 Å². The van der Waals surface area contributed by atoms with Gasteiger partial charge in [-0.25, -0.2) is 9.37 Å². The minimum Gasteiger partial charge on any atom is -0.494 e. The molecule has 0 saturated heterocycles. The molecule has 0 N–H and O–H groups in total. The molecule has 0 unspecified atom stereocenters. The summed E-state index contributed by atoms with van der Waals surface area (Å²) in [6, 6.07) is 3.08. The molecular formula is C14H18ClFN2O2. The maximum absolute atomic E-state index is 13.7. The zero-order valence-electron chi connectivity index (χ0n) is 11.7. The third-order valence-corrected chi connectivity index (χ3v) is 3.34. The molecule has 1 heterocycles. The number of aryl methyl sites for hydroxylation is 2. The average molecular weight is 301 g/mol. The zero-order valence-corrected chi connectivity index (χ0v) is 12.4. The molecule has 0 amide bonds. The third-order valence-electron chi connectivity index (χ3n) is 3.15. The van der Waals surface area contributed by atoms with E-state index in [1.807, 2.05) is 0 Å². The van der Waals surface area contributed by atoms with Gasteiger partial charge in [0.1, 0.15) is 5.82 Å². The van der Waals surface area contributed by atoms with Gasteiger partial charge in [0.05, 0.1) is 18.1 Å². The van der Waals surface area contributed by atoms with E-state index in [0.29, 0.717) is 24.4 Å². The maximum atomic E-state index is 13.7. The number of alkyl halides is 1. The van der Waals surface area contributed by atoms with Gasteiger partial charge >= 0.3 is 0 Å². The second-order valence-electron chi connectivity index (χ2n) is 4.44. The van der Waals surface area contributed by atoms with Crippen LogP contribution in [-0.4, -0.2) is 36.3 Å². The van der Waals surface area contributed by atoms with Crippen LogP contribution in [0.4, 0.5) is 4.39 Å². The zero-order chi connectivity index (χ0) is 14.5. The molecule has 1 aromatic carbocycles. The first kappa shape index (κ1) is 15.1. The van der Waals surface area contributed by atoms with E-state index in [-0.39, 0.29) is 5.75 Å². The Morgan fingerprint density at radius 3 is 2.80 bits per heavy atom. The number of rotatable bonds is 7. The smallest absolute Gasteiger partial charge is 0.167 e. The van der Waals surface area contributed by atoms with Crippen LogP contribution in [0.2, 0.25) is 0 Å². The van der Waals surface area contributed by atoms with Crippen LogP contribution in [0.15, 0.2) is 12.1 Å². The highest BCUT2D eigenvalue weighted by atomic mass is 35.5. The maximum Gasteiger partial charge on any atom is 0.167 e. The van der Waals surface area contributed by atoms with Crippen molar-refractivity contribution in [1.29, 1.82) is 0 Å². The lowest BCUT2D eigenvalue weighted by molar-refractivity contribution is 0.190. The Balaban J connectivity index is 2.45. The molecule has 0 atom stereocenters. The number of hydrogen-bond donors (Lipinski definition) is 0. The molecule has 0 bridgehead atoms. The van der Waals surface area contributed by atoms with E-state index in [1.54, 1.807) is 13.2 Å². The lowest BCUT2D eigenvalue weighted by Gasteiger charge is -2.09. The summed E-state index contributed by atoms with van der Waals surface area (Å²) in [5, 5.41) is 0. The summed E-state index contributed by atoms with van der Waals surface area (Å²) in [6.07, 6.45) is 1.50. The minimum atomic E-state index is -0.404. The van der Waals surface area contributed by atoms with E-state index < -0.39 is 5.82 Å². The standard InChI is InChI=1S/C14H18ClFN2O2/c1-19-7-3-6-18-12-9-13(20-2)10(16)8-11(12)17-14(18)4-5-15/h8-9H,3-7H2,1-2H3. The number of nitrogens with zero attached hydrogens (tertiary/aromatic N) is 2. The molecule has 1 aromatic heterocycles. The molecule has 6 heteroatoms. The molecule has 0 aliphatic rings. The summed E-state index contributed by atoms with van der Waals surface area (Å²) in [4.78, 5) is 4.46. The Labute approximate surface area is 122 Å². The minimum absolute atomic E-state index is 0.225. The second kappa shape index (κ2) is 6.90. The molecule has 0 saturated carbocycles. The first-order chi connectivity index (χ1) is 9.71. The molecule has 2 aromatic rings. The van der Waals surface area contributed by atoms with E-state index in [1.165, 1.54) is 13.2 Å². The van der Waals surface area contributed by atoms with Crippen LogP contribution in [0, 0.1) is 5.82 Å². The molecule has 2 rings (SSSR count). The van der Waals surface area contributed by atoms with Crippen molar-refractivity contribution >= 4 is 22.6 Å². The summed E-state index contributed by atoms with van der Waals surface area (Å²) in [7, 11) is 3.12. The first-order valence-electron chi connectivity index (χ1n) is 6.48. The summed E-state index contributed by atoms with van der Waals surface area (Å²) in [6.45, 7) is 1.42. The van der Waals surface area contributed by atoms with Crippen LogP contribution < -0.4 is 4.74 Å². The van der Waals surface area contributed by atoms with Crippen molar-refractivity contribution in [2.75, 3.05) is 26.7 Å². The van der Waals surface area contributed by atoms with Gasteiger partial charge in [0.15, 0.2) is 11.6 Å². The first-order valence-corrected chi connectivity index (χ1v) is 7.02. The summed E-state index contributed by atoms with van der Waals surface area (Å²) in [5.41, 5.74) is 1.49. The predicted molar refractivity (Wildman–Crippen MR) is 77.2 cm³/mol. The van der Waals surface area contributed by atoms with Gasteiger partial charge in [0, 0.05) is 44.7 Å². The quantitative estimate of drug-likeness (QED) is 0.582. The fourth-order valence-electron chi connectivity index (χ4n) is 2.22. The normalized spacial score (nSPS) is 11.2. The van der Waals surface area contributed by atoms with Crippen molar-refractivity contribution in [1.82, 2.24) is 9.55 Å². The van der Waals surface area contributed by atoms with Gasteiger partial charge in [-0.05, 0) is 6.42 Å².